The van der Waals surface area contributed by atoms with E-state index in [9.17, 15) is 14.4 Å². The van der Waals surface area contributed by atoms with Crippen LogP contribution in [-0.2, 0) is 14.3 Å². The molecule has 0 aliphatic heterocycles. The monoisotopic (exact) mass is 375 g/mol. The topological polar surface area (TPSA) is 81.7 Å². The van der Waals surface area contributed by atoms with Gasteiger partial charge in [-0.1, -0.05) is 23.7 Å². The molecule has 2 aromatic carbocycles. The molecule has 6 nitrogen and oxygen atoms in total. The van der Waals surface area contributed by atoms with Crippen LogP contribution >= 0.6 is 11.6 Å². The minimum atomic E-state index is -0.895. The zero-order valence-corrected chi connectivity index (χ0v) is 15.1. The lowest BCUT2D eigenvalue weighted by molar-refractivity contribution is -0.153. The SMILES string of the molecule is CC(=O)c1ccccc1NC(=O)COC(=O)[C@@H](C)Oc1ccc(Cl)cc1. The number of carbonyl (C=O) groups excluding carboxylic acids is 3. The number of benzene rings is 2. The second kappa shape index (κ2) is 9.01. The second-order valence-electron chi connectivity index (χ2n) is 5.47. The number of nitrogens with one attached hydrogen (secondary N) is 1. The lowest BCUT2D eigenvalue weighted by atomic mass is 10.1. The molecule has 1 atom stereocenters. The third-order valence-corrected chi connectivity index (χ3v) is 3.64. The van der Waals surface area contributed by atoms with Gasteiger partial charge in [0.1, 0.15) is 5.75 Å². The molecule has 2 aromatic rings. The summed E-state index contributed by atoms with van der Waals surface area (Å²) in [6.45, 7) is 2.43. The fourth-order valence-electron chi connectivity index (χ4n) is 2.10. The highest BCUT2D eigenvalue weighted by Crippen LogP contribution is 2.17. The number of ketones is 1. The summed E-state index contributed by atoms with van der Waals surface area (Å²) in [6, 6.07) is 13.1. The fourth-order valence-corrected chi connectivity index (χ4v) is 2.23. The van der Waals surface area contributed by atoms with Gasteiger partial charge in [-0.25, -0.2) is 4.79 Å². The maximum atomic E-state index is 12.0. The molecule has 0 unspecified atom stereocenters. The van der Waals surface area contributed by atoms with Gasteiger partial charge >= 0.3 is 5.97 Å². The van der Waals surface area contributed by atoms with Crippen LogP contribution in [0.25, 0.3) is 0 Å². The molecule has 0 fully saturated rings. The average molecular weight is 376 g/mol. The molecule has 0 heterocycles. The summed E-state index contributed by atoms with van der Waals surface area (Å²) in [4.78, 5) is 35.4. The highest BCUT2D eigenvalue weighted by Gasteiger charge is 2.18. The number of ether oxygens (including phenoxy) is 2. The number of amides is 1. The van der Waals surface area contributed by atoms with Crippen molar-refractivity contribution in [1.29, 1.82) is 0 Å². The number of hydrogen-bond donors (Lipinski definition) is 1. The van der Waals surface area contributed by atoms with Crippen LogP contribution < -0.4 is 10.1 Å². The van der Waals surface area contributed by atoms with Gasteiger partial charge in [-0.3, -0.25) is 9.59 Å². The van der Waals surface area contributed by atoms with E-state index < -0.39 is 24.6 Å². The maximum Gasteiger partial charge on any atom is 0.347 e. The standard InChI is InChI=1S/C19H18ClNO5/c1-12(22)16-5-3-4-6-17(16)21-18(23)11-25-19(24)13(2)26-15-9-7-14(20)8-10-15/h3-10,13H,11H2,1-2H3,(H,21,23)/t13-/m1/s1. The molecule has 0 saturated heterocycles. The first kappa shape index (κ1) is 19.5. The van der Waals surface area contributed by atoms with E-state index in [1.807, 2.05) is 0 Å². The summed E-state index contributed by atoms with van der Waals surface area (Å²) in [7, 11) is 0. The van der Waals surface area contributed by atoms with Gasteiger partial charge in [0.2, 0.25) is 0 Å². The number of carbonyl (C=O) groups is 3. The first-order chi connectivity index (χ1) is 12.4. The summed E-state index contributed by atoms with van der Waals surface area (Å²) < 4.78 is 10.4. The zero-order valence-electron chi connectivity index (χ0n) is 14.3. The van der Waals surface area contributed by atoms with E-state index in [4.69, 9.17) is 21.1 Å². The van der Waals surface area contributed by atoms with E-state index in [2.05, 4.69) is 5.32 Å². The van der Waals surface area contributed by atoms with Gasteiger partial charge in [0.05, 0.1) is 5.69 Å². The van der Waals surface area contributed by atoms with E-state index >= 15 is 0 Å². The third kappa shape index (κ3) is 5.60. The molecule has 0 aromatic heterocycles. The Morgan fingerprint density at radius 2 is 1.73 bits per heavy atom. The molecule has 26 heavy (non-hydrogen) atoms. The number of esters is 1. The van der Waals surface area contributed by atoms with E-state index in [1.165, 1.54) is 13.8 Å². The van der Waals surface area contributed by atoms with Crippen LogP contribution in [0.1, 0.15) is 24.2 Å². The van der Waals surface area contributed by atoms with E-state index in [0.717, 1.165) is 0 Å². The average Bonchev–Trinajstić information content (AvgIpc) is 2.61. The Labute approximate surface area is 156 Å². The highest BCUT2D eigenvalue weighted by atomic mass is 35.5. The normalized spacial score (nSPS) is 11.3. The molecule has 1 amide bonds. The Bertz CT molecular complexity index is 804. The minimum Gasteiger partial charge on any atom is -0.479 e. The molecule has 0 aliphatic rings. The van der Waals surface area contributed by atoms with Crippen molar-refractivity contribution in [3.05, 3.63) is 59.1 Å². The van der Waals surface area contributed by atoms with Gasteiger partial charge in [0.25, 0.3) is 5.91 Å². The molecule has 1 N–H and O–H groups in total. The third-order valence-electron chi connectivity index (χ3n) is 3.38. The quantitative estimate of drug-likeness (QED) is 0.591. The molecule has 0 spiro atoms. The van der Waals surface area contributed by atoms with Crippen LogP contribution in [0.15, 0.2) is 48.5 Å². The van der Waals surface area contributed by atoms with Gasteiger partial charge in [0, 0.05) is 10.6 Å². The molecule has 0 bridgehead atoms. The summed E-state index contributed by atoms with van der Waals surface area (Å²) in [6.07, 6.45) is -0.895. The second-order valence-corrected chi connectivity index (χ2v) is 5.91. The van der Waals surface area contributed by atoms with Crippen molar-refractivity contribution in [3.63, 3.8) is 0 Å². The van der Waals surface area contributed by atoms with Crippen molar-refractivity contribution in [3.8, 4) is 5.75 Å². The molecular weight excluding hydrogens is 358 g/mol. The molecule has 136 valence electrons. The number of hydrogen-bond acceptors (Lipinski definition) is 5. The summed E-state index contributed by atoms with van der Waals surface area (Å²) in [5, 5.41) is 3.10. The van der Waals surface area contributed by atoms with Crippen LogP contribution in [0.5, 0.6) is 5.75 Å². The molecule has 7 heteroatoms. The van der Waals surface area contributed by atoms with Crippen LogP contribution in [-0.4, -0.2) is 30.4 Å². The van der Waals surface area contributed by atoms with Crippen molar-refractivity contribution in [2.45, 2.75) is 20.0 Å². The Morgan fingerprint density at radius 3 is 2.38 bits per heavy atom. The van der Waals surface area contributed by atoms with Crippen LogP contribution in [0.2, 0.25) is 5.02 Å². The number of para-hydroxylation sites is 1. The molecule has 0 radical (unpaired) electrons. The van der Waals surface area contributed by atoms with E-state index in [0.29, 0.717) is 22.0 Å². The first-order valence-electron chi connectivity index (χ1n) is 7.85. The van der Waals surface area contributed by atoms with Gasteiger partial charge in [0.15, 0.2) is 18.5 Å². The predicted molar refractivity (Wildman–Crippen MR) is 97.6 cm³/mol. The van der Waals surface area contributed by atoms with Crippen molar-refractivity contribution < 1.29 is 23.9 Å². The first-order valence-corrected chi connectivity index (χ1v) is 8.23. The summed E-state index contributed by atoms with van der Waals surface area (Å²) in [5.74, 6) is -0.956. The summed E-state index contributed by atoms with van der Waals surface area (Å²) in [5.41, 5.74) is 0.748. The van der Waals surface area contributed by atoms with Gasteiger partial charge in [-0.05, 0) is 50.2 Å². The van der Waals surface area contributed by atoms with Crippen molar-refractivity contribution in [2.75, 3.05) is 11.9 Å². The van der Waals surface area contributed by atoms with Crippen molar-refractivity contribution in [2.24, 2.45) is 0 Å². The Balaban J connectivity index is 1.85. The van der Waals surface area contributed by atoms with Crippen LogP contribution in [0.3, 0.4) is 0 Å². The van der Waals surface area contributed by atoms with Crippen LogP contribution in [0.4, 0.5) is 5.69 Å². The molecule has 0 aliphatic carbocycles. The number of halogens is 1. The van der Waals surface area contributed by atoms with E-state index in [1.54, 1.807) is 48.5 Å². The van der Waals surface area contributed by atoms with Gasteiger partial charge in [-0.2, -0.15) is 0 Å². The van der Waals surface area contributed by atoms with Crippen LogP contribution in [0, 0.1) is 0 Å². The van der Waals surface area contributed by atoms with Gasteiger partial charge in [-0.15, -0.1) is 0 Å². The smallest absolute Gasteiger partial charge is 0.347 e. The number of anilines is 1. The molecular formula is C19H18ClNO5. The van der Waals surface area contributed by atoms with Crippen molar-refractivity contribution >= 4 is 34.9 Å². The maximum absolute atomic E-state index is 12.0. The zero-order chi connectivity index (χ0) is 19.1. The minimum absolute atomic E-state index is 0.178. The molecule has 0 saturated carbocycles. The predicted octanol–water partition coefficient (Wildman–Crippen LogP) is 3.49. The lowest BCUT2D eigenvalue weighted by Crippen LogP contribution is -2.30. The summed E-state index contributed by atoms with van der Waals surface area (Å²) >= 11 is 5.78. The Hall–Kier alpha value is -2.86. The Morgan fingerprint density at radius 1 is 1.08 bits per heavy atom. The number of rotatable bonds is 7. The largest absolute Gasteiger partial charge is 0.479 e. The Kier molecular flexibility index (Phi) is 6.74. The van der Waals surface area contributed by atoms with Crippen molar-refractivity contribution in [1.82, 2.24) is 0 Å². The van der Waals surface area contributed by atoms with E-state index in [-0.39, 0.29) is 5.78 Å². The highest BCUT2D eigenvalue weighted by molar-refractivity contribution is 6.30. The fraction of sp³-hybridized carbons (Fsp3) is 0.211. The lowest BCUT2D eigenvalue weighted by Gasteiger charge is -2.14. The van der Waals surface area contributed by atoms with Gasteiger partial charge < -0.3 is 14.8 Å². The molecule has 2 rings (SSSR count). The number of Topliss-reactive ketones (excluding diaryl/α,β-unsaturated/α-hetero) is 1.